The van der Waals surface area contributed by atoms with Crippen molar-refractivity contribution in [3.63, 3.8) is 0 Å². The number of amides is 1. The van der Waals surface area contributed by atoms with Crippen LogP contribution in [0.5, 0.6) is 5.75 Å². The Kier molecular flexibility index (Phi) is 7.99. The molecule has 1 aliphatic rings. The number of ketones is 1. The highest BCUT2D eigenvalue weighted by atomic mass is 35.5. The number of rotatable bonds is 8. The summed E-state index contributed by atoms with van der Waals surface area (Å²) in [5, 5.41) is 11.8. The van der Waals surface area contributed by atoms with Gasteiger partial charge in [-0.15, -0.1) is 0 Å². The number of nitrogens with zero attached hydrogens (tertiary/aromatic N) is 1. The monoisotopic (exact) mass is 525 g/mol. The smallest absolute Gasteiger partial charge is 0.295 e. The third kappa shape index (κ3) is 5.26. The number of halogens is 2. The Hall–Kier alpha value is -3.32. The fraction of sp³-hybridized carbons (Fsp3) is 0.214. The molecular formula is C28H25Cl2NO5. The van der Waals surface area contributed by atoms with Crippen molar-refractivity contribution < 1.29 is 24.2 Å². The van der Waals surface area contributed by atoms with Gasteiger partial charge in [0.2, 0.25) is 0 Å². The predicted molar refractivity (Wildman–Crippen MR) is 139 cm³/mol. The number of carbonyl (C=O) groups is 2. The van der Waals surface area contributed by atoms with E-state index < -0.39 is 17.7 Å². The maximum absolute atomic E-state index is 13.1. The minimum atomic E-state index is -0.841. The van der Waals surface area contributed by atoms with Gasteiger partial charge in [-0.05, 0) is 60.0 Å². The van der Waals surface area contributed by atoms with E-state index in [1.807, 2.05) is 31.2 Å². The molecule has 1 unspecified atom stereocenters. The number of hydrogen-bond acceptors (Lipinski definition) is 5. The average Bonchev–Trinajstić information content (AvgIpc) is 3.13. The average molecular weight is 526 g/mol. The van der Waals surface area contributed by atoms with Gasteiger partial charge in [0.25, 0.3) is 11.7 Å². The number of carbonyl (C=O) groups excluding carboxylic acids is 2. The third-order valence-electron chi connectivity index (χ3n) is 6.12. The molecule has 8 heteroatoms. The molecule has 0 bridgehead atoms. The van der Waals surface area contributed by atoms with Gasteiger partial charge in [0.15, 0.2) is 0 Å². The van der Waals surface area contributed by atoms with Crippen molar-refractivity contribution in [2.45, 2.75) is 19.6 Å². The SMILES string of the molecule is COCCN1C(=O)C(=O)/C(=C(/O)c2ccc(OCc3ccccc3C)cc2)C1c1ccc(Cl)c(Cl)c1. The lowest BCUT2D eigenvalue weighted by Crippen LogP contribution is -2.32. The lowest BCUT2D eigenvalue weighted by atomic mass is 9.95. The minimum Gasteiger partial charge on any atom is -0.507 e. The van der Waals surface area contributed by atoms with Crippen LogP contribution < -0.4 is 4.74 Å². The number of benzene rings is 3. The second kappa shape index (κ2) is 11.2. The van der Waals surface area contributed by atoms with Crippen molar-refractivity contribution in [3.05, 3.63) is 105 Å². The number of hydrogen-bond donors (Lipinski definition) is 1. The van der Waals surface area contributed by atoms with Crippen LogP contribution in [-0.4, -0.2) is 42.0 Å². The lowest BCUT2D eigenvalue weighted by Gasteiger charge is -2.25. The van der Waals surface area contributed by atoms with Gasteiger partial charge in [0.05, 0.1) is 28.3 Å². The van der Waals surface area contributed by atoms with E-state index in [9.17, 15) is 14.7 Å². The summed E-state index contributed by atoms with van der Waals surface area (Å²) in [7, 11) is 1.51. The number of aryl methyl sites for hydroxylation is 1. The Morgan fingerprint density at radius 2 is 1.72 bits per heavy atom. The second-order valence-corrected chi connectivity index (χ2v) is 9.21. The van der Waals surface area contributed by atoms with Crippen molar-refractivity contribution in [3.8, 4) is 5.75 Å². The predicted octanol–water partition coefficient (Wildman–Crippen LogP) is 5.95. The molecule has 0 radical (unpaired) electrons. The third-order valence-corrected chi connectivity index (χ3v) is 6.86. The van der Waals surface area contributed by atoms with E-state index in [4.69, 9.17) is 32.7 Å². The van der Waals surface area contributed by atoms with Gasteiger partial charge in [0.1, 0.15) is 18.1 Å². The second-order valence-electron chi connectivity index (χ2n) is 8.40. The molecule has 0 aliphatic carbocycles. The first kappa shape index (κ1) is 25.8. The highest BCUT2D eigenvalue weighted by Gasteiger charge is 2.46. The fourth-order valence-electron chi connectivity index (χ4n) is 4.13. The summed E-state index contributed by atoms with van der Waals surface area (Å²) in [6.45, 7) is 2.80. The van der Waals surface area contributed by atoms with E-state index in [-0.39, 0.29) is 29.5 Å². The summed E-state index contributed by atoms with van der Waals surface area (Å²) in [6, 6.07) is 18.7. The zero-order chi connectivity index (χ0) is 25.8. The molecule has 1 aliphatic heterocycles. The zero-order valence-corrected chi connectivity index (χ0v) is 21.3. The van der Waals surface area contributed by atoms with Crippen LogP contribution in [0.1, 0.15) is 28.3 Å². The Morgan fingerprint density at radius 3 is 2.39 bits per heavy atom. The number of Topliss-reactive ketones (excluding diaryl/α,β-unsaturated/α-hetero) is 1. The first-order chi connectivity index (χ1) is 17.3. The molecule has 0 spiro atoms. The van der Waals surface area contributed by atoms with Gasteiger partial charge in [-0.25, -0.2) is 0 Å². The molecule has 1 saturated heterocycles. The van der Waals surface area contributed by atoms with Gasteiger partial charge < -0.3 is 19.5 Å². The quantitative estimate of drug-likeness (QED) is 0.223. The van der Waals surface area contributed by atoms with Gasteiger partial charge in [-0.2, -0.15) is 0 Å². The molecule has 0 aromatic heterocycles. The molecule has 186 valence electrons. The Labute approximate surface area is 219 Å². The van der Waals surface area contributed by atoms with Crippen molar-refractivity contribution >= 4 is 40.7 Å². The Morgan fingerprint density at radius 1 is 1.00 bits per heavy atom. The van der Waals surface area contributed by atoms with Crippen LogP contribution in [0.25, 0.3) is 5.76 Å². The first-order valence-electron chi connectivity index (χ1n) is 11.3. The molecule has 0 saturated carbocycles. The minimum absolute atomic E-state index is 0.0249. The molecular weight excluding hydrogens is 501 g/mol. The summed E-state index contributed by atoms with van der Waals surface area (Å²) in [4.78, 5) is 27.3. The summed E-state index contributed by atoms with van der Waals surface area (Å²) in [5.41, 5.74) is 3.12. The standard InChI is InChI=1S/C28H25Cl2NO5/c1-17-5-3-4-6-20(17)16-36-21-10-7-18(8-11-21)26(32)24-25(19-9-12-22(29)23(30)15-19)31(13-14-35-2)28(34)27(24)33/h3-12,15,25,32H,13-14,16H2,1-2H3/b26-24+. The maximum atomic E-state index is 13.1. The van der Waals surface area contributed by atoms with E-state index in [0.717, 1.165) is 11.1 Å². The normalized spacial score (nSPS) is 17.0. The van der Waals surface area contributed by atoms with Gasteiger partial charge in [-0.1, -0.05) is 53.5 Å². The highest BCUT2D eigenvalue weighted by molar-refractivity contribution is 6.46. The van der Waals surface area contributed by atoms with Crippen LogP contribution in [0.4, 0.5) is 0 Å². The summed E-state index contributed by atoms with van der Waals surface area (Å²) < 4.78 is 11.0. The van der Waals surface area contributed by atoms with Gasteiger partial charge in [-0.3, -0.25) is 9.59 Å². The van der Waals surface area contributed by atoms with Crippen LogP contribution in [-0.2, 0) is 20.9 Å². The zero-order valence-electron chi connectivity index (χ0n) is 19.8. The molecule has 36 heavy (non-hydrogen) atoms. The molecule has 1 amide bonds. The topological polar surface area (TPSA) is 76.1 Å². The van der Waals surface area contributed by atoms with Gasteiger partial charge >= 0.3 is 0 Å². The largest absolute Gasteiger partial charge is 0.507 e. The first-order valence-corrected chi connectivity index (χ1v) is 12.1. The summed E-state index contributed by atoms with van der Waals surface area (Å²) in [6.07, 6.45) is 0. The maximum Gasteiger partial charge on any atom is 0.295 e. The van der Waals surface area contributed by atoms with Crippen LogP contribution in [0, 0.1) is 6.92 Å². The molecule has 1 heterocycles. The molecule has 6 nitrogen and oxygen atoms in total. The summed E-state index contributed by atoms with van der Waals surface area (Å²) >= 11 is 12.3. The summed E-state index contributed by atoms with van der Waals surface area (Å²) in [5.74, 6) is -1.17. The molecule has 1 N–H and O–H groups in total. The van der Waals surface area contributed by atoms with Crippen LogP contribution in [0.3, 0.4) is 0 Å². The number of methoxy groups -OCH3 is 1. The number of likely N-dealkylation sites (tertiary alicyclic amines) is 1. The molecule has 1 atom stereocenters. The fourth-order valence-corrected chi connectivity index (χ4v) is 4.43. The van der Waals surface area contributed by atoms with Crippen molar-refractivity contribution in [2.75, 3.05) is 20.3 Å². The van der Waals surface area contributed by atoms with Crippen LogP contribution in [0.15, 0.2) is 72.3 Å². The van der Waals surface area contributed by atoms with Gasteiger partial charge in [0, 0.05) is 19.2 Å². The molecule has 4 rings (SSSR count). The van der Waals surface area contributed by atoms with E-state index >= 15 is 0 Å². The van der Waals surface area contributed by atoms with Crippen LogP contribution in [0.2, 0.25) is 10.0 Å². The van der Waals surface area contributed by atoms with Crippen molar-refractivity contribution in [1.29, 1.82) is 0 Å². The molecule has 3 aromatic carbocycles. The Bertz CT molecular complexity index is 1320. The van der Waals surface area contributed by atoms with Crippen LogP contribution >= 0.6 is 23.2 Å². The highest BCUT2D eigenvalue weighted by Crippen LogP contribution is 2.41. The molecule has 3 aromatic rings. The van der Waals surface area contributed by atoms with E-state index in [1.165, 1.54) is 12.0 Å². The van der Waals surface area contributed by atoms with E-state index in [1.54, 1.807) is 42.5 Å². The number of aliphatic hydroxyl groups excluding tert-OH is 1. The van der Waals surface area contributed by atoms with Crippen molar-refractivity contribution in [2.24, 2.45) is 0 Å². The van der Waals surface area contributed by atoms with Crippen molar-refractivity contribution in [1.82, 2.24) is 4.90 Å². The lowest BCUT2D eigenvalue weighted by molar-refractivity contribution is -0.140. The van der Waals surface area contributed by atoms with E-state index in [0.29, 0.717) is 28.5 Å². The number of aliphatic hydroxyl groups is 1. The van der Waals surface area contributed by atoms with E-state index in [2.05, 4.69) is 0 Å². The number of ether oxygens (including phenoxy) is 2. The Balaban J connectivity index is 1.67. The molecule has 1 fully saturated rings.